The molecular weight excluding hydrogens is 226 g/mol. The van der Waals surface area contributed by atoms with Gasteiger partial charge in [-0.2, -0.15) is 0 Å². The highest BCUT2D eigenvalue weighted by Crippen LogP contribution is 2.18. The molecule has 1 aromatic rings. The summed E-state index contributed by atoms with van der Waals surface area (Å²) in [4.78, 5) is 0. The monoisotopic (exact) mass is 251 g/mol. The van der Waals surface area contributed by atoms with Crippen molar-refractivity contribution in [1.82, 2.24) is 0 Å². The van der Waals surface area contributed by atoms with Gasteiger partial charge >= 0.3 is 0 Å². The van der Waals surface area contributed by atoms with Crippen molar-refractivity contribution < 1.29 is 9.47 Å². The summed E-state index contributed by atoms with van der Waals surface area (Å²) < 4.78 is 11.0. The molecule has 0 heterocycles. The maximum absolute atomic E-state index is 5.50. The highest BCUT2D eigenvalue weighted by molar-refractivity contribution is 5.46. The zero-order valence-corrected chi connectivity index (χ0v) is 11.9. The largest absolute Gasteiger partial charge is 0.380 e. The molecule has 0 fully saturated rings. The van der Waals surface area contributed by atoms with Crippen LogP contribution in [0.5, 0.6) is 0 Å². The molecule has 0 saturated carbocycles. The van der Waals surface area contributed by atoms with Gasteiger partial charge in [0.2, 0.25) is 0 Å². The lowest BCUT2D eigenvalue weighted by Gasteiger charge is -2.18. The van der Waals surface area contributed by atoms with Gasteiger partial charge in [-0.1, -0.05) is 26.0 Å². The van der Waals surface area contributed by atoms with E-state index in [1.165, 1.54) is 5.56 Å². The van der Waals surface area contributed by atoms with E-state index in [-0.39, 0.29) is 6.29 Å². The van der Waals surface area contributed by atoms with Crippen molar-refractivity contribution in [3.63, 3.8) is 0 Å². The Balaban J connectivity index is 2.53. The Morgan fingerprint density at radius 2 is 1.78 bits per heavy atom. The summed E-state index contributed by atoms with van der Waals surface area (Å²) in [6.07, 6.45) is -0.178. The van der Waals surface area contributed by atoms with Gasteiger partial charge in [-0.3, -0.25) is 0 Å². The molecule has 0 atom stereocenters. The van der Waals surface area contributed by atoms with Crippen molar-refractivity contribution in [2.45, 2.75) is 39.9 Å². The minimum absolute atomic E-state index is 0.178. The van der Waals surface area contributed by atoms with Crippen molar-refractivity contribution in [3.05, 3.63) is 29.8 Å². The molecule has 3 nitrogen and oxygen atoms in total. The summed E-state index contributed by atoms with van der Waals surface area (Å²) in [6, 6.07) is 8.48. The van der Waals surface area contributed by atoms with Crippen LogP contribution >= 0.6 is 0 Å². The fourth-order valence-electron chi connectivity index (χ4n) is 1.75. The topological polar surface area (TPSA) is 30.5 Å². The van der Waals surface area contributed by atoms with Crippen LogP contribution in [0, 0.1) is 0 Å². The van der Waals surface area contributed by atoms with Crippen molar-refractivity contribution in [2.75, 3.05) is 25.1 Å². The van der Waals surface area contributed by atoms with Gasteiger partial charge in [0, 0.05) is 18.9 Å². The molecule has 0 bridgehead atoms. The zero-order chi connectivity index (χ0) is 13.4. The lowest BCUT2D eigenvalue weighted by Crippen LogP contribution is -2.26. The fourth-order valence-corrected chi connectivity index (χ4v) is 1.75. The predicted molar refractivity (Wildman–Crippen MR) is 76.1 cm³/mol. The average molecular weight is 251 g/mol. The van der Waals surface area contributed by atoms with Crippen LogP contribution in [0.2, 0.25) is 0 Å². The Morgan fingerprint density at radius 1 is 1.11 bits per heavy atom. The molecule has 0 unspecified atom stereocenters. The van der Waals surface area contributed by atoms with E-state index < -0.39 is 0 Å². The van der Waals surface area contributed by atoms with E-state index in [4.69, 9.17) is 9.47 Å². The van der Waals surface area contributed by atoms with Crippen LogP contribution in [0.25, 0.3) is 0 Å². The van der Waals surface area contributed by atoms with E-state index in [1.54, 1.807) is 0 Å². The molecule has 0 spiro atoms. The van der Waals surface area contributed by atoms with Gasteiger partial charge in [0.25, 0.3) is 0 Å². The third-order valence-electron chi connectivity index (χ3n) is 2.73. The Kier molecular flexibility index (Phi) is 6.76. The normalized spacial score (nSPS) is 11.2. The predicted octanol–water partition coefficient (Wildman–Crippen LogP) is 3.62. The maximum Gasteiger partial charge on any atom is 0.174 e. The molecule has 0 aromatic heterocycles. The molecule has 18 heavy (non-hydrogen) atoms. The number of hydrogen-bond acceptors (Lipinski definition) is 3. The SMILES string of the molecule is CCOC(CNc1cccc(C(C)C)c1)OCC. The molecule has 1 aromatic carbocycles. The first kappa shape index (κ1) is 15.0. The van der Waals surface area contributed by atoms with Crippen LogP contribution in [-0.4, -0.2) is 26.0 Å². The summed E-state index contributed by atoms with van der Waals surface area (Å²) in [5, 5.41) is 3.36. The Bertz CT molecular complexity index is 333. The van der Waals surface area contributed by atoms with E-state index in [0.29, 0.717) is 25.7 Å². The molecule has 0 radical (unpaired) electrons. The minimum Gasteiger partial charge on any atom is -0.380 e. The molecule has 0 saturated heterocycles. The standard InChI is InChI=1S/C15H25NO2/c1-5-17-15(18-6-2)11-16-14-9-7-8-13(10-14)12(3)4/h7-10,12,15-16H,5-6,11H2,1-4H3. The van der Waals surface area contributed by atoms with Crippen LogP contribution in [0.1, 0.15) is 39.2 Å². The number of nitrogens with one attached hydrogen (secondary N) is 1. The highest BCUT2D eigenvalue weighted by atomic mass is 16.7. The highest BCUT2D eigenvalue weighted by Gasteiger charge is 2.07. The van der Waals surface area contributed by atoms with Gasteiger partial charge in [-0.05, 0) is 37.5 Å². The number of anilines is 1. The number of rotatable bonds is 8. The van der Waals surface area contributed by atoms with Gasteiger partial charge in [0.1, 0.15) is 0 Å². The maximum atomic E-state index is 5.50. The van der Waals surface area contributed by atoms with Crippen molar-refractivity contribution in [2.24, 2.45) is 0 Å². The first-order valence-electron chi connectivity index (χ1n) is 6.74. The van der Waals surface area contributed by atoms with Gasteiger partial charge in [0.15, 0.2) is 6.29 Å². The molecule has 0 amide bonds. The second kappa shape index (κ2) is 8.11. The first-order valence-corrected chi connectivity index (χ1v) is 6.74. The minimum atomic E-state index is -0.178. The fraction of sp³-hybridized carbons (Fsp3) is 0.600. The number of benzene rings is 1. The van der Waals surface area contributed by atoms with Crippen LogP contribution in [-0.2, 0) is 9.47 Å². The van der Waals surface area contributed by atoms with Gasteiger partial charge < -0.3 is 14.8 Å². The van der Waals surface area contributed by atoms with Crippen molar-refractivity contribution >= 4 is 5.69 Å². The molecule has 1 N–H and O–H groups in total. The molecule has 0 aliphatic heterocycles. The molecule has 1 rings (SSSR count). The summed E-state index contributed by atoms with van der Waals surface area (Å²) in [6.45, 7) is 10.3. The van der Waals surface area contributed by atoms with Crippen LogP contribution in [0.3, 0.4) is 0 Å². The quantitative estimate of drug-likeness (QED) is 0.716. The van der Waals surface area contributed by atoms with Crippen LogP contribution < -0.4 is 5.32 Å². The van der Waals surface area contributed by atoms with Crippen molar-refractivity contribution in [1.29, 1.82) is 0 Å². The summed E-state index contributed by atoms with van der Waals surface area (Å²) >= 11 is 0. The van der Waals surface area contributed by atoms with E-state index >= 15 is 0 Å². The molecule has 0 aliphatic rings. The summed E-state index contributed by atoms with van der Waals surface area (Å²) in [5.74, 6) is 0.543. The van der Waals surface area contributed by atoms with E-state index in [2.05, 4.69) is 43.4 Å². The number of ether oxygens (including phenoxy) is 2. The second-order valence-electron chi connectivity index (χ2n) is 4.50. The molecule has 0 aliphatic carbocycles. The molecular formula is C15H25NO2. The lowest BCUT2D eigenvalue weighted by atomic mass is 10.0. The van der Waals surface area contributed by atoms with Gasteiger partial charge in [0.05, 0.1) is 6.54 Å². The first-order chi connectivity index (χ1) is 8.67. The number of hydrogen-bond donors (Lipinski definition) is 1. The van der Waals surface area contributed by atoms with Gasteiger partial charge in [-0.25, -0.2) is 0 Å². The zero-order valence-electron chi connectivity index (χ0n) is 11.9. The third kappa shape index (κ3) is 5.07. The second-order valence-corrected chi connectivity index (χ2v) is 4.50. The third-order valence-corrected chi connectivity index (χ3v) is 2.73. The Morgan fingerprint density at radius 3 is 2.33 bits per heavy atom. The van der Waals surface area contributed by atoms with Gasteiger partial charge in [-0.15, -0.1) is 0 Å². The average Bonchev–Trinajstić information content (AvgIpc) is 2.37. The van der Waals surface area contributed by atoms with Crippen LogP contribution in [0.4, 0.5) is 5.69 Å². The molecule has 102 valence electrons. The summed E-state index contributed by atoms with van der Waals surface area (Å²) in [5.41, 5.74) is 2.45. The molecule has 3 heteroatoms. The van der Waals surface area contributed by atoms with E-state index in [0.717, 1.165) is 5.69 Å². The Labute approximate surface area is 110 Å². The van der Waals surface area contributed by atoms with E-state index in [9.17, 15) is 0 Å². The Hall–Kier alpha value is -1.06. The van der Waals surface area contributed by atoms with E-state index in [1.807, 2.05) is 13.8 Å². The lowest BCUT2D eigenvalue weighted by molar-refractivity contribution is -0.126. The van der Waals surface area contributed by atoms with Crippen LogP contribution in [0.15, 0.2) is 24.3 Å². The smallest absolute Gasteiger partial charge is 0.174 e. The summed E-state index contributed by atoms with van der Waals surface area (Å²) in [7, 11) is 0. The van der Waals surface area contributed by atoms with Crippen molar-refractivity contribution in [3.8, 4) is 0 Å².